The average molecular weight is 358 g/mol. The lowest BCUT2D eigenvalue weighted by atomic mass is 9.85. The van der Waals surface area contributed by atoms with Crippen LogP contribution >= 0.6 is 0 Å². The number of fused-ring (bicyclic) bond motifs is 3. The van der Waals surface area contributed by atoms with Crippen LogP contribution in [0, 0.1) is 0 Å². The molecule has 0 saturated heterocycles. The zero-order valence-electron chi connectivity index (χ0n) is 17.2. The third-order valence-corrected chi connectivity index (χ3v) is 5.29. The third-order valence-electron chi connectivity index (χ3n) is 5.29. The monoisotopic (exact) mass is 357 g/mol. The van der Waals surface area contributed by atoms with E-state index in [0.717, 1.165) is 0 Å². The van der Waals surface area contributed by atoms with Crippen LogP contribution < -0.4 is 4.57 Å². The molecule has 0 aliphatic carbocycles. The Morgan fingerprint density at radius 3 is 2.07 bits per heavy atom. The second kappa shape index (κ2) is 5.95. The van der Waals surface area contributed by atoms with Gasteiger partial charge in [-0.2, -0.15) is 4.57 Å². The summed E-state index contributed by atoms with van der Waals surface area (Å²) in [5, 5.41) is 2.63. The van der Waals surface area contributed by atoms with Gasteiger partial charge in [0, 0.05) is 22.4 Å². The number of pyridine rings is 1. The van der Waals surface area contributed by atoms with Crippen molar-refractivity contribution in [3.63, 3.8) is 0 Å². The van der Waals surface area contributed by atoms with Gasteiger partial charge in [0.1, 0.15) is 16.6 Å². The first-order valence-corrected chi connectivity index (χ1v) is 9.74. The minimum absolute atomic E-state index is 0.00896. The van der Waals surface area contributed by atoms with Crippen LogP contribution in [0.2, 0.25) is 0 Å². The maximum atomic E-state index is 2.45. The lowest BCUT2D eigenvalue weighted by Crippen LogP contribution is -2.52. The molecule has 4 aromatic rings. The van der Waals surface area contributed by atoms with Gasteiger partial charge in [-0.1, -0.05) is 51.1 Å². The molecule has 0 atom stereocenters. The van der Waals surface area contributed by atoms with Gasteiger partial charge < -0.3 is 0 Å². The first-order valence-electron chi connectivity index (χ1n) is 9.74. The molecule has 0 amide bonds. The number of para-hydroxylation sites is 2. The predicted molar refractivity (Wildman–Crippen MR) is 115 cm³/mol. The van der Waals surface area contributed by atoms with Crippen molar-refractivity contribution in [2.24, 2.45) is 0 Å². The van der Waals surface area contributed by atoms with Gasteiger partial charge in [-0.25, -0.2) is 4.57 Å². The van der Waals surface area contributed by atoms with Crippen LogP contribution in [0.15, 0.2) is 66.9 Å². The van der Waals surface area contributed by atoms with Crippen LogP contribution in [-0.4, -0.2) is 4.57 Å². The topological polar surface area (TPSA) is 8.81 Å². The largest absolute Gasteiger partial charge is 0.287 e. The predicted octanol–water partition coefficient (Wildman–Crippen LogP) is 6.12. The van der Waals surface area contributed by atoms with Crippen LogP contribution in [0.1, 0.15) is 47.1 Å². The van der Waals surface area contributed by atoms with E-state index in [1.165, 1.54) is 33.2 Å². The molecule has 0 N–H and O–H groups in total. The van der Waals surface area contributed by atoms with Crippen molar-refractivity contribution in [2.75, 3.05) is 0 Å². The van der Waals surface area contributed by atoms with Crippen LogP contribution in [0.3, 0.4) is 0 Å². The first kappa shape index (κ1) is 17.8. The Kier molecular flexibility index (Phi) is 3.92. The van der Waals surface area contributed by atoms with Gasteiger partial charge in [0.05, 0.1) is 6.20 Å². The van der Waals surface area contributed by atoms with Crippen molar-refractivity contribution in [1.82, 2.24) is 4.57 Å². The lowest BCUT2D eigenvalue weighted by Gasteiger charge is -2.22. The lowest BCUT2D eigenvalue weighted by molar-refractivity contribution is -0.748. The summed E-state index contributed by atoms with van der Waals surface area (Å²) in [4.78, 5) is 0. The van der Waals surface area contributed by atoms with E-state index in [1.54, 1.807) is 0 Å². The van der Waals surface area contributed by atoms with Gasteiger partial charge in [0.25, 0.3) is 5.82 Å². The molecule has 0 radical (unpaired) electrons. The summed E-state index contributed by atoms with van der Waals surface area (Å²) in [5.74, 6) is 1.20. The minimum Gasteiger partial charge on any atom is -0.229 e. The summed E-state index contributed by atoms with van der Waals surface area (Å²) in [6, 6.07) is 22.0. The molecule has 0 aliphatic heterocycles. The average Bonchev–Trinajstić information content (AvgIpc) is 2.94. The van der Waals surface area contributed by atoms with E-state index >= 15 is 0 Å². The van der Waals surface area contributed by atoms with Crippen LogP contribution in [0.4, 0.5) is 0 Å². The van der Waals surface area contributed by atoms with Crippen molar-refractivity contribution < 1.29 is 4.57 Å². The Hall–Kier alpha value is -2.61. The minimum atomic E-state index is -0.00896. The molecule has 2 aromatic heterocycles. The van der Waals surface area contributed by atoms with E-state index in [0.29, 0.717) is 0 Å². The quantitative estimate of drug-likeness (QED) is 0.363. The number of aromatic nitrogens is 2. The summed E-state index contributed by atoms with van der Waals surface area (Å²) in [7, 11) is 0. The molecule has 0 aliphatic rings. The van der Waals surface area contributed by atoms with E-state index in [9.17, 15) is 0 Å². The molecule has 4 rings (SSSR count). The maximum Gasteiger partial charge on any atom is 0.287 e. The zero-order chi connectivity index (χ0) is 19.4. The number of hydrogen-bond acceptors (Lipinski definition) is 0. The normalized spacial score (nSPS) is 12.8. The Balaban J connectivity index is 2.25. The van der Waals surface area contributed by atoms with Crippen molar-refractivity contribution in [2.45, 2.75) is 52.5 Å². The Morgan fingerprint density at radius 1 is 0.704 bits per heavy atom. The molecule has 2 nitrogen and oxygen atoms in total. The van der Waals surface area contributed by atoms with Gasteiger partial charge in [-0.05, 0) is 50.5 Å². The Morgan fingerprint density at radius 2 is 1.37 bits per heavy atom. The van der Waals surface area contributed by atoms with Gasteiger partial charge in [-0.15, -0.1) is 0 Å². The number of rotatable bonds is 1. The summed E-state index contributed by atoms with van der Waals surface area (Å²) in [6.07, 6.45) is 2.19. The second-order valence-corrected chi connectivity index (χ2v) is 9.40. The highest BCUT2D eigenvalue weighted by Crippen LogP contribution is 2.37. The summed E-state index contributed by atoms with van der Waals surface area (Å²) in [6.45, 7) is 13.7. The Labute approximate surface area is 162 Å². The van der Waals surface area contributed by atoms with Crippen LogP contribution in [0.5, 0.6) is 0 Å². The smallest absolute Gasteiger partial charge is 0.229 e. The van der Waals surface area contributed by atoms with Crippen LogP contribution in [0.25, 0.3) is 27.6 Å². The highest BCUT2D eigenvalue weighted by Gasteiger charge is 2.30. The molecule has 2 aromatic carbocycles. The molecular weight excluding hydrogens is 328 g/mol. The number of benzene rings is 2. The molecule has 0 spiro atoms. The van der Waals surface area contributed by atoms with Crippen molar-refractivity contribution in [3.8, 4) is 5.82 Å². The fraction of sp³-hybridized carbons (Fsp3) is 0.320. The molecule has 27 heavy (non-hydrogen) atoms. The molecule has 138 valence electrons. The van der Waals surface area contributed by atoms with Gasteiger partial charge in [0.2, 0.25) is 0 Å². The molecule has 0 saturated carbocycles. The first-order chi connectivity index (χ1) is 12.7. The van der Waals surface area contributed by atoms with Crippen molar-refractivity contribution in [1.29, 1.82) is 0 Å². The summed E-state index contributed by atoms with van der Waals surface area (Å²) >= 11 is 0. The fourth-order valence-electron chi connectivity index (χ4n) is 4.05. The molecule has 0 unspecified atom stereocenters. The molecule has 2 heterocycles. The van der Waals surface area contributed by atoms with Crippen molar-refractivity contribution in [3.05, 3.63) is 72.4 Å². The zero-order valence-corrected chi connectivity index (χ0v) is 17.2. The molecule has 0 fully saturated rings. The van der Waals surface area contributed by atoms with E-state index in [1.807, 2.05) is 0 Å². The third kappa shape index (κ3) is 2.84. The van der Waals surface area contributed by atoms with Gasteiger partial charge >= 0.3 is 0 Å². The van der Waals surface area contributed by atoms with Gasteiger partial charge in [0.15, 0.2) is 0 Å². The highest BCUT2D eigenvalue weighted by atomic mass is 15.2. The molecular formula is C25H29N2+. The molecule has 2 heteroatoms. The van der Waals surface area contributed by atoms with Crippen LogP contribution in [-0.2, 0) is 11.0 Å². The van der Waals surface area contributed by atoms with E-state index < -0.39 is 0 Å². The van der Waals surface area contributed by atoms with E-state index in [-0.39, 0.29) is 11.0 Å². The number of hydrogen-bond donors (Lipinski definition) is 0. The van der Waals surface area contributed by atoms with Gasteiger partial charge in [-0.3, -0.25) is 0 Å². The standard InChI is InChI=1S/C25H29N2/c1-24(2,3)20-14-11-13-19-18-12-7-8-15-21(18)27(23(19)20)22-16-9-10-17-26(22)25(4,5)6/h7-17H,1-6H3/q+1. The fourth-order valence-corrected chi connectivity index (χ4v) is 4.05. The van der Waals surface area contributed by atoms with Crippen molar-refractivity contribution >= 4 is 21.8 Å². The summed E-state index contributed by atoms with van der Waals surface area (Å²) < 4.78 is 4.83. The highest BCUT2D eigenvalue weighted by molar-refractivity contribution is 6.10. The molecule has 0 bridgehead atoms. The SMILES string of the molecule is CC(C)(C)c1cccc2c3ccccc3n(-c3cccc[n+]3C(C)(C)C)c12. The maximum absolute atomic E-state index is 2.45. The number of nitrogens with zero attached hydrogens (tertiary/aromatic N) is 2. The Bertz CT molecular complexity index is 1130. The summed E-state index contributed by atoms with van der Waals surface area (Å²) in [5.41, 5.74) is 4.00. The second-order valence-electron chi connectivity index (χ2n) is 9.40. The van der Waals surface area contributed by atoms with E-state index in [4.69, 9.17) is 0 Å². The van der Waals surface area contributed by atoms with E-state index in [2.05, 4.69) is 118 Å².